The Morgan fingerprint density at radius 3 is 2.80 bits per heavy atom. The lowest BCUT2D eigenvalue weighted by atomic mass is 10.1. The summed E-state index contributed by atoms with van der Waals surface area (Å²) in [5, 5.41) is 9.01. The molecule has 0 radical (unpaired) electrons. The molecule has 0 saturated heterocycles. The lowest BCUT2D eigenvalue weighted by molar-refractivity contribution is 0.0697. The van der Waals surface area contributed by atoms with E-state index in [4.69, 9.17) is 5.11 Å². The number of anilines is 1. The van der Waals surface area contributed by atoms with Gasteiger partial charge in [-0.2, -0.15) is 0 Å². The zero-order valence-corrected chi connectivity index (χ0v) is 11.1. The molecule has 1 N–H and O–H groups in total. The minimum absolute atomic E-state index is 0.375. The van der Waals surface area contributed by atoms with Crippen molar-refractivity contribution < 1.29 is 9.90 Å². The van der Waals surface area contributed by atoms with Crippen LogP contribution in [0.1, 0.15) is 21.5 Å². The van der Waals surface area contributed by atoms with Gasteiger partial charge in [0, 0.05) is 31.2 Å². The number of fused-ring (bicyclic) bond motifs is 1. The maximum Gasteiger partial charge on any atom is 0.335 e. The Morgan fingerprint density at radius 2 is 2.05 bits per heavy atom. The maximum absolute atomic E-state index is 11.0. The minimum atomic E-state index is -0.858. The van der Waals surface area contributed by atoms with E-state index in [1.54, 1.807) is 12.1 Å². The van der Waals surface area contributed by atoms with Gasteiger partial charge in [-0.1, -0.05) is 0 Å². The van der Waals surface area contributed by atoms with Crippen LogP contribution in [0.2, 0.25) is 0 Å². The summed E-state index contributed by atoms with van der Waals surface area (Å²) in [6.45, 7) is 1.91. The Balaban J connectivity index is 1.72. The Labute approximate surface area is 117 Å². The van der Waals surface area contributed by atoms with Crippen LogP contribution in [-0.4, -0.2) is 29.1 Å². The molecule has 3 rings (SSSR count). The molecule has 2 aromatic rings. The number of benzene rings is 1. The largest absolute Gasteiger partial charge is 0.478 e. The van der Waals surface area contributed by atoms with Gasteiger partial charge in [-0.15, -0.1) is 0 Å². The van der Waals surface area contributed by atoms with Gasteiger partial charge in [-0.05, 0) is 54.3 Å². The lowest BCUT2D eigenvalue weighted by Crippen LogP contribution is -2.23. The number of aromatic nitrogens is 1. The van der Waals surface area contributed by atoms with Crippen molar-refractivity contribution in [2.45, 2.75) is 12.8 Å². The number of nitrogens with zero attached hydrogens (tertiary/aromatic N) is 2. The number of rotatable bonds is 4. The Kier molecular flexibility index (Phi) is 3.37. The maximum atomic E-state index is 11.0. The summed E-state index contributed by atoms with van der Waals surface area (Å²) in [5.74, 6) is -0.858. The van der Waals surface area contributed by atoms with Crippen LogP contribution in [-0.2, 0) is 12.8 Å². The van der Waals surface area contributed by atoms with E-state index in [0.717, 1.165) is 31.5 Å². The number of carbonyl (C=O) groups is 1. The van der Waals surface area contributed by atoms with Crippen molar-refractivity contribution in [2.24, 2.45) is 0 Å². The van der Waals surface area contributed by atoms with Gasteiger partial charge >= 0.3 is 5.97 Å². The Morgan fingerprint density at radius 1 is 1.25 bits per heavy atom. The SMILES string of the molecule is O=C(O)c1ccc2c(c1)CCN2CCc1ccncc1. The fraction of sp³-hybridized carbons (Fsp3) is 0.250. The average Bonchev–Trinajstić information content (AvgIpc) is 2.88. The van der Waals surface area contributed by atoms with Gasteiger partial charge in [-0.25, -0.2) is 4.79 Å². The van der Waals surface area contributed by atoms with E-state index < -0.39 is 5.97 Å². The van der Waals surface area contributed by atoms with E-state index in [2.05, 4.69) is 9.88 Å². The predicted molar refractivity (Wildman–Crippen MR) is 77.3 cm³/mol. The van der Waals surface area contributed by atoms with Crippen molar-refractivity contribution in [2.75, 3.05) is 18.0 Å². The van der Waals surface area contributed by atoms with Crippen molar-refractivity contribution in [3.05, 3.63) is 59.4 Å². The number of hydrogen-bond donors (Lipinski definition) is 1. The quantitative estimate of drug-likeness (QED) is 0.925. The normalized spacial score (nSPS) is 13.3. The molecule has 4 nitrogen and oxygen atoms in total. The van der Waals surface area contributed by atoms with Gasteiger partial charge in [0.2, 0.25) is 0 Å². The number of aromatic carboxylic acids is 1. The highest BCUT2D eigenvalue weighted by molar-refractivity contribution is 5.88. The van der Waals surface area contributed by atoms with E-state index in [1.807, 2.05) is 30.6 Å². The van der Waals surface area contributed by atoms with Crippen LogP contribution in [0.3, 0.4) is 0 Å². The summed E-state index contributed by atoms with van der Waals surface area (Å²) in [7, 11) is 0. The van der Waals surface area contributed by atoms with Crippen LogP contribution < -0.4 is 4.90 Å². The first kappa shape index (κ1) is 12.7. The van der Waals surface area contributed by atoms with Crippen LogP contribution in [0.15, 0.2) is 42.7 Å². The number of carboxylic acids is 1. The second-order valence-electron chi connectivity index (χ2n) is 4.99. The van der Waals surface area contributed by atoms with Gasteiger partial charge in [0.05, 0.1) is 5.56 Å². The molecule has 0 fully saturated rings. The van der Waals surface area contributed by atoms with Crippen LogP contribution in [0, 0.1) is 0 Å². The van der Waals surface area contributed by atoms with Crippen LogP contribution in [0.25, 0.3) is 0 Å². The highest BCUT2D eigenvalue weighted by Crippen LogP contribution is 2.28. The number of hydrogen-bond acceptors (Lipinski definition) is 3. The summed E-state index contributed by atoms with van der Waals surface area (Å²) in [6, 6.07) is 9.48. The molecule has 0 aliphatic carbocycles. The molecule has 1 aromatic heterocycles. The molecule has 0 spiro atoms. The Bertz CT molecular complexity index is 626. The Hall–Kier alpha value is -2.36. The summed E-state index contributed by atoms with van der Waals surface area (Å²) < 4.78 is 0. The number of pyridine rings is 1. The highest BCUT2D eigenvalue weighted by Gasteiger charge is 2.20. The molecule has 1 aliphatic heterocycles. The molecule has 0 amide bonds. The minimum Gasteiger partial charge on any atom is -0.478 e. The standard InChI is InChI=1S/C16H16N2O2/c19-16(20)14-1-2-15-13(11-14)6-10-18(15)9-5-12-3-7-17-8-4-12/h1-4,7-8,11H,5-6,9-10H2,(H,19,20). The first-order chi connectivity index (χ1) is 9.74. The predicted octanol–water partition coefficient (Wildman–Crippen LogP) is 2.39. The molecule has 2 heterocycles. The second kappa shape index (κ2) is 5.33. The van der Waals surface area contributed by atoms with Crippen LogP contribution >= 0.6 is 0 Å². The average molecular weight is 268 g/mol. The third-order valence-corrected chi connectivity index (χ3v) is 3.74. The van der Waals surface area contributed by atoms with Crippen LogP contribution in [0.4, 0.5) is 5.69 Å². The molecule has 0 bridgehead atoms. The molecule has 20 heavy (non-hydrogen) atoms. The van der Waals surface area contributed by atoms with Crippen molar-refractivity contribution in [3.63, 3.8) is 0 Å². The van der Waals surface area contributed by atoms with E-state index in [9.17, 15) is 4.79 Å². The van der Waals surface area contributed by atoms with E-state index >= 15 is 0 Å². The van der Waals surface area contributed by atoms with Gasteiger partial charge in [0.25, 0.3) is 0 Å². The fourth-order valence-electron chi connectivity index (χ4n) is 2.65. The summed E-state index contributed by atoms with van der Waals surface area (Å²) >= 11 is 0. The summed E-state index contributed by atoms with van der Waals surface area (Å²) in [4.78, 5) is 17.3. The van der Waals surface area contributed by atoms with Gasteiger partial charge in [0.15, 0.2) is 0 Å². The molecule has 1 aliphatic rings. The smallest absolute Gasteiger partial charge is 0.335 e. The lowest BCUT2D eigenvalue weighted by Gasteiger charge is -2.19. The first-order valence-corrected chi connectivity index (χ1v) is 6.74. The highest BCUT2D eigenvalue weighted by atomic mass is 16.4. The molecule has 102 valence electrons. The molecular formula is C16H16N2O2. The number of carboxylic acid groups (broad SMARTS) is 1. The van der Waals surface area contributed by atoms with Gasteiger partial charge in [-0.3, -0.25) is 4.98 Å². The topological polar surface area (TPSA) is 53.4 Å². The summed E-state index contributed by atoms with van der Waals surface area (Å²) in [5.41, 5.74) is 3.96. The van der Waals surface area contributed by atoms with Crippen LogP contribution in [0.5, 0.6) is 0 Å². The van der Waals surface area contributed by atoms with Gasteiger partial charge in [0.1, 0.15) is 0 Å². The third kappa shape index (κ3) is 2.50. The molecule has 0 atom stereocenters. The van der Waals surface area contributed by atoms with E-state index in [1.165, 1.54) is 11.3 Å². The van der Waals surface area contributed by atoms with Crippen molar-refractivity contribution >= 4 is 11.7 Å². The van der Waals surface area contributed by atoms with E-state index in [0.29, 0.717) is 5.56 Å². The first-order valence-electron chi connectivity index (χ1n) is 6.74. The fourth-order valence-corrected chi connectivity index (χ4v) is 2.65. The molecule has 0 unspecified atom stereocenters. The molecular weight excluding hydrogens is 252 g/mol. The van der Waals surface area contributed by atoms with Crippen molar-refractivity contribution in [3.8, 4) is 0 Å². The summed E-state index contributed by atoms with van der Waals surface area (Å²) in [6.07, 6.45) is 5.52. The zero-order chi connectivity index (χ0) is 13.9. The van der Waals surface area contributed by atoms with Crippen molar-refractivity contribution in [1.29, 1.82) is 0 Å². The van der Waals surface area contributed by atoms with Gasteiger partial charge < -0.3 is 10.0 Å². The second-order valence-corrected chi connectivity index (χ2v) is 4.99. The molecule has 1 aromatic carbocycles. The van der Waals surface area contributed by atoms with E-state index in [-0.39, 0.29) is 0 Å². The third-order valence-electron chi connectivity index (χ3n) is 3.74. The molecule has 4 heteroatoms. The monoisotopic (exact) mass is 268 g/mol. The molecule has 0 saturated carbocycles. The van der Waals surface area contributed by atoms with Crippen molar-refractivity contribution in [1.82, 2.24) is 4.98 Å². The zero-order valence-electron chi connectivity index (χ0n) is 11.1.